The fourth-order valence-corrected chi connectivity index (χ4v) is 1.27. The van der Waals surface area contributed by atoms with Gasteiger partial charge < -0.3 is 14.4 Å². The molecule has 0 aliphatic rings. The summed E-state index contributed by atoms with van der Waals surface area (Å²) in [5.74, 6) is 0.872. The molecule has 1 heterocycles. The molecule has 4 nitrogen and oxygen atoms in total. The Hall–Kier alpha value is -1.29. The average molecular weight is 197 g/mol. The molecule has 0 aliphatic carbocycles. The number of carbonyl (C=O) groups excluding carboxylic acids is 1. The Morgan fingerprint density at radius 3 is 2.64 bits per heavy atom. The molecule has 0 bridgehead atoms. The maximum atomic E-state index is 10.4. The Bertz CT molecular complexity index is 311. The molecule has 0 saturated carbocycles. The van der Waals surface area contributed by atoms with Crippen LogP contribution in [0.4, 0.5) is 5.88 Å². The first kappa shape index (κ1) is 10.8. The fraction of sp³-hybridized carbons (Fsp3) is 0.500. The molecule has 4 heteroatoms. The molecule has 14 heavy (non-hydrogen) atoms. The van der Waals surface area contributed by atoms with Gasteiger partial charge in [-0.3, -0.25) is 4.79 Å². The largest absolute Gasteiger partial charge is 0.438 e. The molecule has 0 spiro atoms. The van der Waals surface area contributed by atoms with Crippen LogP contribution < -0.4 is 4.90 Å². The predicted octanol–water partition coefficient (Wildman–Crippen LogP) is 1.30. The van der Waals surface area contributed by atoms with Gasteiger partial charge in [0.25, 0.3) is 0 Å². The average Bonchev–Trinajstić information content (AvgIpc) is 2.48. The lowest BCUT2D eigenvalue weighted by molar-refractivity contribution is 0.0877. The molecule has 0 radical (unpaired) electrons. The van der Waals surface area contributed by atoms with E-state index in [0.717, 1.165) is 0 Å². The van der Waals surface area contributed by atoms with Crippen LogP contribution >= 0.6 is 0 Å². The van der Waals surface area contributed by atoms with Crippen LogP contribution in [0.15, 0.2) is 16.5 Å². The van der Waals surface area contributed by atoms with Crippen LogP contribution in [0.25, 0.3) is 0 Å². The highest BCUT2D eigenvalue weighted by Gasteiger charge is 2.17. The van der Waals surface area contributed by atoms with Crippen LogP contribution in [0.1, 0.15) is 24.4 Å². The highest BCUT2D eigenvalue weighted by Crippen LogP contribution is 2.18. The molecule has 78 valence electrons. The van der Waals surface area contributed by atoms with Crippen molar-refractivity contribution in [2.24, 2.45) is 0 Å². The van der Waals surface area contributed by atoms with Gasteiger partial charge in [0.2, 0.25) is 0 Å². The Kier molecular flexibility index (Phi) is 2.96. The molecule has 0 saturated heterocycles. The first-order valence-corrected chi connectivity index (χ1v) is 4.41. The van der Waals surface area contributed by atoms with Gasteiger partial charge in [0.15, 0.2) is 17.9 Å². The molecule has 1 N–H and O–H groups in total. The van der Waals surface area contributed by atoms with E-state index in [-0.39, 0.29) is 0 Å². The van der Waals surface area contributed by atoms with Crippen molar-refractivity contribution in [1.82, 2.24) is 0 Å². The van der Waals surface area contributed by atoms with Gasteiger partial charge in [-0.25, -0.2) is 0 Å². The fourth-order valence-electron chi connectivity index (χ4n) is 1.27. The van der Waals surface area contributed by atoms with Crippen LogP contribution in [-0.4, -0.2) is 30.6 Å². The van der Waals surface area contributed by atoms with E-state index in [1.807, 2.05) is 0 Å². The third-order valence-electron chi connectivity index (χ3n) is 1.73. The molecule has 0 aliphatic heterocycles. The van der Waals surface area contributed by atoms with E-state index < -0.39 is 5.60 Å². The monoisotopic (exact) mass is 197 g/mol. The Labute approximate surface area is 83.1 Å². The molecule has 1 aromatic rings. The summed E-state index contributed by atoms with van der Waals surface area (Å²) in [5.41, 5.74) is -0.789. The van der Waals surface area contributed by atoms with E-state index >= 15 is 0 Å². The molecule has 0 fully saturated rings. The van der Waals surface area contributed by atoms with Crippen LogP contribution in [-0.2, 0) is 0 Å². The normalized spacial score (nSPS) is 11.4. The number of furan rings is 1. The first-order valence-electron chi connectivity index (χ1n) is 4.41. The third-order valence-corrected chi connectivity index (χ3v) is 1.73. The van der Waals surface area contributed by atoms with Crippen molar-refractivity contribution in [3.8, 4) is 0 Å². The van der Waals surface area contributed by atoms with Crippen molar-refractivity contribution < 1.29 is 14.3 Å². The zero-order chi connectivity index (χ0) is 10.8. The smallest absolute Gasteiger partial charge is 0.196 e. The molecule has 0 aromatic carbocycles. The minimum absolute atomic E-state index is 0.294. The summed E-state index contributed by atoms with van der Waals surface area (Å²) in [7, 11) is 1.80. The quantitative estimate of drug-likeness (QED) is 0.739. The van der Waals surface area contributed by atoms with Crippen molar-refractivity contribution in [3.63, 3.8) is 0 Å². The highest BCUT2D eigenvalue weighted by atomic mass is 16.4. The topological polar surface area (TPSA) is 53.7 Å². The summed E-state index contributed by atoms with van der Waals surface area (Å²) in [6.45, 7) is 3.87. The summed E-state index contributed by atoms with van der Waals surface area (Å²) < 4.78 is 5.19. The number of likely N-dealkylation sites (N-methyl/N-ethyl adjacent to an activating group) is 1. The summed E-state index contributed by atoms with van der Waals surface area (Å²) in [5, 5.41) is 9.56. The Morgan fingerprint density at radius 1 is 1.57 bits per heavy atom. The van der Waals surface area contributed by atoms with E-state index in [9.17, 15) is 9.90 Å². The number of carbonyl (C=O) groups is 1. The maximum absolute atomic E-state index is 10.4. The second-order valence-corrected chi connectivity index (χ2v) is 3.96. The molecular formula is C10H15NO3. The van der Waals surface area contributed by atoms with Crippen molar-refractivity contribution in [3.05, 3.63) is 17.9 Å². The van der Waals surface area contributed by atoms with Gasteiger partial charge in [0.05, 0.1) is 5.60 Å². The summed E-state index contributed by atoms with van der Waals surface area (Å²) in [6.07, 6.45) is 0.654. The Morgan fingerprint density at radius 2 is 2.21 bits per heavy atom. The zero-order valence-corrected chi connectivity index (χ0v) is 8.65. The second kappa shape index (κ2) is 3.84. The number of nitrogens with zero attached hydrogens (tertiary/aromatic N) is 1. The third kappa shape index (κ3) is 2.88. The van der Waals surface area contributed by atoms with E-state index in [1.165, 1.54) is 0 Å². The maximum Gasteiger partial charge on any atom is 0.196 e. The highest BCUT2D eigenvalue weighted by molar-refractivity contribution is 5.71. The van der Waals surface area contributed by atoms with E-state index in [0.29, 0.717) is 24.5 Å². The summed E-state index contributed by atoms with van der Waals surface area (Å²) in [4.78, 5) is 12.1. The van der Waals surface area contributed by atoms with Crippen LogP contribution in [0, 0.1) is 0 Å². The summed E-state index contributed by atoms with van der Waals surface area (Å²) >= 11 is 0. The summed E-state index contributed by atoms with van der Waals surface area (Å²) in [6, 6.07) is 3.30. The first-order chi connectivity index (χ1) is 6.42. The Balaban J connectivity index is 2.69. The van der Waals surface area contributed by atoms with Crippen molar-refractivity contribution in [1.29, 1.82) is 0 Å². The van der Waals surface area contributed by atoms with Gasteiger partial charge in [0, 0.05) is 19.7 Å². The molecular weight excluding hydrogens is 182 g/mol. The van der Waals surface area contributed by atoms with Crippen LogP contribution in [0.3, 0.4) is 0 Å². The predicted molar refractivity (Wildman–Crippen MR) is 53.7 cm³/mol. The second-order valence-electron chi connectivity index (χ2n) is 3.96. The van der Waals surface area contributed by atoms with Crippen LogP contribution in [0.5, 0.6) is 0 Å². The molecule has 0 amide bonds. The number of hydrogen-bond acceptors (Lipinski definition) is 4. The van der Waals surface area contributed by atoms with Gasteiger partial charge in [-0.05, 0) is 19.9 Å². The number of hydrogen-bond donors (Lipinski definition) is 1. The minimum atomic E-state index is -0.789. The van der Waals surface area contributed by atoms with Gasteiger partial charge in [-0.2, -0.15) is 0 Å². The van der Waals surface area contributed by atoms with E-state index in [1.54, 1.807) is 37.9 Å². The van der Waals surface area contributed by atoms with Crippen molar-refractivity contribution >= 4 is 12.2 Å². The minimum Gasteiger partial charge on any atom is -0.438 e. The number of aldehydes is 1. The molecule has 0 atom stereocenters. The number of rotatable bonds is 4. The number of anilines is 1. The van der Waals surface area contributed by atoms with Gasteiger partial charge >= 0.3 is 0 Å². The van der Waals surface area contributed by atoms with Crippen molar-refractivity contribution in [2.45, 2.75) is 19.4 Å². The molecule has 1 aromatic heterocycles. The lowest BCUT2D eigenvalue weighted by Gasteiger charge is -2.24. The SMILES string of the molecule is CN(CC(C)(C)O)c1ccc(C=O)o1. The van der Waals surface area contributed by atoms with Gasteiger partial charge in [0.1, 0.15) is 0 Å². The van der Waals surface area contributed by atoms with Gasteiger partial charge in [-0.1, -0.05) is 0 Å². The van der Waals surface area contributed by atoms with Crippen LogP contribution in [0.2, 0.25) is 0 Å². The lowest BCUT2D eigenvalue weighted by atomic mass is 10.1. The zero-order valence-electron chi connectivity index (χ0n) is 8.65. The van der Waals surface area contributed by atoms with E-state index in [4.69, 9.17) is 4.42 Å². The number of aliphatic hydroxyl groups is 1. The molecule has 1 rings (SSSR count). The van der Waals surface area contributed by atoms with Gasteiger partial charge in [-0.15, -0.1) is 0 Å². The lowest BCUT2D eigenvalue weighted by Crippen LogP contribution is -2.36. The van der Waals surface area contributed by atoms with Crippen molar-refractivity contribution in [2.75, 3.05) is 18.5 Å². The standard InChI is InChI=1S/C10H15NO3/c1-10(2,13)7-11(3)9-5-4-8(6-12)14-9/h4-6,13H,7H2,1-3H3. The molecule has 0 unspecified atom stereocenters. The van der Waals surface area contributed by atoms with E-state index in [2.05, 4.69) is 0 Å².